The first-order valence-electron chi connectivity index (χ1n) is 7.79. The molecule has 1 N–H and O–H groups in total. The third-order valence-corrected chi connectivity index (χ3v) is 4.66. The molecular formula is C16H22ClN5. The number of piperidine rings is 1. The molecule has 0 bridgehead atoms. The van der Waals surface area contributed by atoms with Crippen molar-refractivity contribution < 1.29 is 0 Å². The zero-order chi connectivity index (χ0) is 15.4. The number of hydrogen-bond acceptors (Lipinski definition) is 4. The number of anilines is 1. The molecule has 22 heavy (non-hydrogen) atoms. The fourth-order valence-corrected chi connectivity index (χ4v) is 3.03. The molecule has 1 aliphatic rings. The molecule has 1 aromatic carbocycles. The van der Waals surface area contributed by atoms with E-state index in [9.17, 15) is 0 Å². The fourth-order valence-electron chi connectivity index (χ4n) is 2.85. The Labute approximate surface area is 136 Å². The number of nitrogens with one attached hydrogen (secondary N) is 1. The standard InChI is InChI=1S/C16H22ClN5/c1-13-2-3-15(10-16(13)17)21-7-4-14(5-8-21)19-6-9-22-12-18-11-20-22/h2-3,10-12,14,19H,4-9H2,1H3. The Balaban J connectivity index is 1.44. The number of benzene rings is 1. The molecule has 5 nitrogen and oxygen atoms in total. The molecule has 0 atom stereocenters. The molecule has 0 radical (unpaired) electrons. The van der Waals surface area contributed by atoms with E-state index >= 15 is 0 Å². The van der Waals surface area contributed by atoms with E-state index in [2.05, 4.69) is 38.5 Å². The van der Waals surface area contributed by atoms with Crippen LogP contribution in [0, 0.1) is 6.92 Å². The van der Waals surface area contributed by atoms with Crippen molar-refractivity contribution in [3.05, 3.63) is 41.4 Å². The van der Waals surface area contributed by atoms with Gasteiger partial charge in [-0.05, 0) is 37.5 Å². The van der Waals surface area contributed by atoms with Crippen LogP contribution in [0.25, 0.3) is 0 Å². The van der Waals surface area contributed by atoms with Gasteiger partial charge >= 0.3 is 0 Å². The monoisotopic (exact) mass is 319 g/mol. The van der Waals surface area contributed by atoms with Crippen LogP contribution in [0.5, 0.6) is 0 Å². The van der Waals surface area contributed by atoms with Crippen LogP contribution in [0.3, 0.4) is 0 Å². The Bertz CT molecular complexity index is 591. The predicted molar refractivity (Wildman–Crippen MR) is 89.4 cm³/mol. The van der Waals surface area contributed by atoms with Crippen LogP contribution in [0.1, 0.15) is 18.4 Å². The molecule has 1 aliphatic heterocycles. The van der Waals surface area contributed by atoms with Gasteiger partial charge in [0.05, 0.1) is 6.54 Å². The quantitative estimate of drug-likeness (QED) is 0.920. The minimum Gasteiger partial charge on any atom is -0.371 e. The lowest BCUT2D eigenvalue weighted by atomic mass is 10.0. The molecular weight excluding hydrogens is 298 g/mol. The third kappa shape index (κ3) is 3.78. The first kappa shape index (κ1) is 15.3. The van der Waals surface area contributed by atoms with Gasteiger partial charge in [0, 0.05) is 36.4 Å². The summed E-state index contributed by atoms with van der Waals surface area (Å²) in [7, 11) is 0. The molecule has 0 amide bonds. The normalized spacial score (nSPS) is 16.2. The number of rotatable bonds is 5. The fraction of sp³-hybridized carbons (Fsp3) is 0.500. The first-order chi connectivity index (χ1) is 10.7. The lowest BCUT2D eigenvalue weighted by Crippen LogP contribution is -2.43. The van der Waals surface area contributed by atoms with E-state index < -0.39 is 0 Å². The van der Waals surface area contributed by atoms with Crippen LogP contribution in [0.15, 0.2) is 30.9 Å². The molecule has 3 rings (SSSR count). The molecule has 0 spiro atoms. The van der Waals surface area contributed by atoms with Crippen LogP contribution in [0.2, 0.25) is 5.02 Å². The Hall–Kier alpha value is -1.59. The van der Waals surface area contributed by atoms with Gasteiger partial charge in [-0.15, -0.1) is 0 Å². The second-order valence-electron chi connectivity index (χ2n) is 5.81. The van der Waals surface area contributed by atoms with Crippen molar-refractivity contribution in [2.75, 3.05) is 24.5 Å². The largest absolute Gasteiger partial charge is 0.371 e. The van der Waals surface area contributed by atoms with Crippen molar-refractivity contribution in [1.29, 1.82) is 0 Å². The predicted octanol–water partition coefficient (Wildman–Crippen LogP) is 2.50. The second-order valence-corrected chi connectivity index (χ2v) is 6.21. The van der Waals surface area contributed by atoms with Crippen LogP contribution >= 0.6 is 11.6 Å². The Morgan fingerprint density at radius 3 is 2.82 bits per heavy atom. The molecule has 1 aromatic heterocycles. The Morgan fingerprint density at radius 1 is 1.32 bits per heavy atom. The molecule has 118 valence electrons. The third-order valence-electron chi connectivity index (χ3n) is 4.26. The van der Waals surface area contributed by atoms with E-state index in [1.807, 2.05) is 11.6 Å². The summed E-state index contributed by atoms with van der Waals surface area (Å²) in [5.74, 6) is 0. The summed E-state index contributed by atoms with van der Waals surface area (Å²) in [6.07, 6.45) is 5.64. The summed E-state index contributed by atoms with van der Waals surface area (Å²) < 4.78 is 1.86. The number of aromatic nitrogens is 3. The smallest absolute Gasteiger partial charge is 0.137 e. The van der Waals surface area contributed by atoms with Gasteiger partial charge in [-0.25, -0.2) is 4.98 Å². The molecule has 0 aliphatic carbocycles. The minimum atomic E-state index is 0.584. The number of nitrogens with zero attached hydrogens (tertiary/aromatic N) is 4. The van der Waals surface area contributed by atoms with Gasteiger partial charge in [-0.2, -0.15) is 5.10 Å². The lowest BCUT2D eigenvalue weighted by Gasteiger charge is -2.34. The molecule has 1 saturated heterocycles. The van der Waals surface area contributed by atoms with E-state index in [0.717, 1.165) is 49.6 Å². The summed E-state index contributed by atoms with van der Waals surface area (Å²) in [5.41, 5.74) is 2.37. The van der Waals surface area contributed by atoms with Crippen LogP contribution in [-0.2, 0) is 6.54 Å². The highest BCUT2D eigenvalue weighted by molar-refractivity contribution is 6.31. The molecule has 0 saturated carbocycles. The molecule has 1 fully saturated rings. The maximum Gasteiger partial charge on any atom is 0.137 e. The Kier molecular flexibility index (Phi) is 4.95. The summed E-state index contributed by atoms with van der Waals surface area (Å²) in [5, 5.41) is 8.57. The highest BCUT2D eigenvalue weighted by atomic mass is 35.5. The van der Waals surface area contributed by atoms with Gasteiger partial charge in [-0.3, -0.25) is 4.68 Å². The van der Waals surface area contributed by atoms with E-state index in [4.69, 9.17) is 11.6 Å². The van der Waals surface area contributed by atoms with Gasteiger partial charge in [0.25, 0.3) is 0 Å². The summed E-state index contributed by atoms with van der Waals surface area (Å²) in [4.78, 5) is 6.37. The lowest BCUT2D eigenvalue weighted by molar-refractivity contribution is 0.401. The van der Waals surface area contributed by atoms with E-state index in [0.29, 0.717) is 6.04 Å². The zero-order valence-corrected chi connectivity index (χ0v) is 13.6. The van der Waals surface area contributed by atoms with Gasteiger partial charge < -0.3 is 10.2 Å². The highest BCUT2D eigenvalue weighted by Gasteiger charge is 2.19. The maximum absolute atomic E-state index is 6.23. The summed E-state index contributed by atoms with van der Waals surface area (Å²) >= 11 is 6.23. The van der Waals surface area contributed by atoms with Crippen molar-refractivity contribution in [1.82, 2.24) is 20.1 Å². The van der Waals surface area contributed by atoms with Gasteiger partial charge in [-0.1, -0.05) is 17.7 Å². The van der Waals surface area contributed by atoms with Gasteiger partial charge in [0.2, 0.25) is 0 Å². The average Bonchev–Trinajstić information content (AvgIpc) is 3.04. The van der Waals surface area contributed by atoms with Crippen LogP contribution < -0.4 is 10.2 Å². The van der Waals surface area contributed by atoms with Crippen molar-refractivity contribution in [3.63, 3.8) is 0 Å². The van der Waals surface area contributed by atoms with Crippen LogP contribution in [0.4, 0.5) is 5.69 Å². The number of aryl methyl sites for hydroxylation is 1. The van der Waals surface area contributed by atoms with Crippen molar-refractivity contribution in [3.8, 4) is 0 Å². The summed E-state index contributed by atoms with van der Waals surface area (Å²) in [6.45, 7) is 5.98. The van der Waals surface area contributed by atoms with Crippen molar-refractivity contribution >= 4 is 17.3 Å². The van der Waals surface area contributed by atoms with E-state index in [-0.39, 0.29) is 0 Å². The highest BCUT2D eigenvalue weighted by Crippen LogP contribution is 2.25. The van der Waals surface area contributed by atoms with Crippen LogP contribution in [-0.4, -0.2) is 40.4 Å². The maximum atomic E-state index is 6.23. The van der Waals surface area contributed by atoms with Gasteiger partial charge in [0.15, 0.2) is 0 Å². The van der Waals surface area contributed by atoms with E-state index in [1.54, 1.807) is 12.7 Å². The molecule has 6 heteroatoms. The number of hydrogen-bond donors (Lipinski definition) is 1. The average molecular weight is 320 g/mol. The topological polar surface area (TPSA) is 46.0 Å². The zero-order valence-electron chi connectivity index (χ0n) is 12.9. The second kappa shape index (κ2) is 7.11. The van der Waals surface area contributed by atoms with Crippen molar-refractivity contribution in [2.45, 2.75) is 32.4 Å². The SMILES string of the molecule is Cc1ccc(N2CCC(NCCn3cncn3)CC2)cc1Cl. The van der Waals surface area contributed by atoms with E-state index in [1.165, 1.54) is 5.69 Å². The molecule has 2 aromatic rings. The van der Waals surface area contributed by atoms with Crippen molar-refractivity contribution in [2.24, 2.45) is 0 Å². The summed E-state index contributed by atoms with van der Waals surface area (Å²) in [6, 6.07) is 6.93. The molecule has 2 heterocycles. The van der Waals surface area contributed by atoms with Gasteiger partial charge in [0.1, 0.15) is 12.7 Å². The first-order valence-corrected chi connectivity index (χ1v) is 8.17. The number of halogens is 1. The molecule has 0 unspecified atom stereocenters. The Morgan fingerprint density at radius 2 is 2.14 bits per heavy atom. The minimum absolute atomic E-state index is 0.584.